The molecule has 2 aromatic heterocycles. The third-order valence-corrected chi connectivity index (χ3v) is 17.2. The first-order valence-electron chi connectivity index (χ1n) is 31.4. The molecule has 0 saturated heterocycles. The molecular formula is C69H88Cl4F3K2N11O14. The Hall–Kier alpha value is -5.02. The minimum atomic E-state index is -1.02. The number of nitrogens with one attached hydrogen (secondary N) is 3. The Labute approximate surface area is 702 Å². The smallest absolute Gasteiger partial charge is 1.00 e. The van der Waals surface area contributed by atoms with Gasteiger partial charge in [0.25, 0.3) is 18.3 Å². The van der Waals surface area contributed by atoms with E-state index < -0.39 is 47.2 Å². The van der Waals surface area contributed by atoms with Crippen molar-refractivity contribution >= 4 is 116 Å². The molecule has 5 amide bonds. The van der Waals surface area contributed by atoms with Crippen molar-refractivity contribution in [3.8, 4) is 0 Å². The third kappa shape index (κ3) is 32.5. The molecule has 3 saturated carbocycles. The van der Waals surface area contributed by atoms with E-state index in [9.17, 15) is 56.9 Å². The van der Waals surface area contributed by atoms with Gasteiger partial charge in [-0.05, 0) is 119 Å². The molecule has 34 heteroatoms. The number of rotatable bonds is 21. The van der Waals surface area contributed by atoms with Crippen LogP contribution in [-0.4, -0.2) is 148 Å². The van der Waals surface area contributed by atoms with E-state index in [1.807, 2.05) is 0 Å². The van der Waals surface area contributed by atoms with Crippen LogP contribution in [0.2, 0.25) is 15.1 Å². The molecule has 0 radical (unpaired) electrons. The Bertz CT molecular complexity index is 3840. The predicted molar refractivity (Wildman–Crippen MR) is 377 cm³/mol. The number of ketones is 1. The fourth-order valence-electron chi connectivity index (χ4n) is 10.7. The standard InChI is InChI=1S/C25H27ClFN5O4.C15H20ClFN2O2.C10H9Cl2FO.C10H9N3O3.C6H13NO.CH2O3.2CH4.2K.H/c26-19-6-3-4-15(23(19)27)12-29-21(34)13-31(16-8-10-17(33)11-9-16)22(35)14-32-20-7-2-1-5-18(20)24(30-32)25(28)36;16-13-3-1-2-10(15(13)17)8-19-14(21)9-18-11-4-6-12(20)7-5-11;11-6-8(14)5-4-7-2-1-3-9(12)10(7)13;11-10(16)9-6-3-1-2-4-7(6)13(12-9)5-8(14)15;7-5-1-3-6(8)4-2-5;2-1-4-3;;;;;/h1-7,16-17,33H,8-14H2,(H2,28,36)(H,29,34);1-3,11-12,18,20H,4-9H2,(H,19,21);1-3H,4-6H2;1-4H,5H2,(H2,11,16)(H,14,15);5-6,8H,1-4,7H2;1,3H;2*1H4;;;/q;;;;;;;;2*+1;-1/p-1. The Kier molecular flexibility index (Phi) is 47.1. The third-order valence-electron chi connectivity index (χ3n) is 16.0. The van der Waals surface area contributed by atoms with E-state index in [0.717, 1.165) is 51.4 Å². The Balaban J connectivity index is 0.00000134. The van der Waals surface area contributed by atoms with Crippen LogP contribution in [0.1, 0.15) is 137 Å². The van der Waals surface area contributed by atoms with Gasteiger partial charge in [-0.15, -0.1) is 11.6 Å². The van der Waals surface area contributed by atoms with Crippen molar-refractivity contribution in [2.75, 3.05) is 19.0 Å². The normalized spacial score (nSPS) is 17.0. The van der Waals surface area contributed by atoms with Gasteiger partial charge in [-0.3, -0.25) is 47.7 Å². The summed E-state index contributed by atoms with van der Waals surface area (Å²) in [4.78, 5) is 95.2. The van der Waals surface area contributed by atoms with E-state index in [0.29, 0.717) is 71.1 Å². The van der Waals surface area contributed by atoms with Gasteiger partial charge in [-0.25, -0.2) is 13.2 Å². The van der Waals surface area contributed by atoms with Gasteiger partial charge in [0.1, 0.15) is 36.3 Å². The molecule has 13 N–H and O–H groups in total. The zero-order chi connectivity index (χ0) is 72.7. The van der Waals surface area contributed by atoms with Crippen molar-refractivity contribution in [1.82, 2.24) is 40.4 Å². The average molecular weight is 1570 g/mol. The van der Waals surface area contributed by atoms with E-state index in [1.165, 1.54) is 38.5 Å². The summed E-state index contributed by atoms with van der Waals surface area (Å²) in [7, 11) is 0. The number of amides is 5. The number of aryl methyl sites for hydroxylation is 1. The summed E-state index contributed by atoms with van der Waals surface area (Å²) in [5.74, 6) is -5.07. The van der Waals surface area contributed by atoms with Gasteiger partial charge in [0.2, 0.25) is 17.7 Å². The van der Waals surface area contributed by atoms with Crippen molar-refractivity contribution in [3.05, 3.63) is 164 Å². The van der Waals surface area contributed by atoms with Gasteiger partial charge in [0.05, 0.1) is 63.4 Å². The predicted octanol–water partition coefficient (Wildman–Crippen LogP) is 1.88. The summed E-state index contributed by atoms with van der Waals surface area (Å²) in [5.41, 5.74) is 18.6. The molecule has 3 aliphatic carbocycles. The average Bonchev–Trinajstić information content (AvgIpc) is 1.65. The maximum absolute atomic E-state index is 14.2. The molecule has 2 heterocycles. The van der Waals surface area contributed by atoms with E-state index in [2.05, 4.69) is 31.0 Å². The SMILES string of the molecule is C.C.NC(=O)c1nn(CC(=O)N(CC(=O)NCc2cccc(Cl)c2F)C2CCC(O)CC2)c2ccccc12.NC(=O)c1nn(CC(=O)O)c2ccccc12.NC1CCC(O)CC1.O=C(CCl)CCc1cccc(Cl)c1F.O=C(CNC1CCC(O)CC1)NCc1cccc(Cl)c1F.O=CO[O-].[H-].[K+].[K+]. The molecule has 0 unspecified atom stereocenters. The topological polar surface area (TPSA) is 403 Å². The molecule has 554 valence electrons. The molecule has 103 heavy (non-hydrogen) atoms. The van der Waals surface area contributed by atoms with Crippen molar-refractivity contribution in [2.24, 2.45) is 17.2 Å². The number of fused-ring (bicyclic) bond motifs is 2. The number of Topliss-reactive ketones (excluding diaryl/α,β-unsaturated/α-hetero) is 1. The number of para-hydroxylation sites is 2. The van der Waals surface area contributed by atoms with Gasteiger partial charge >= 0.3 is 109 Å². The number of carbonyl (C=O) groups excluding carboxylic acids is 7. The Morgan fingerprint density at radius 1 is 0.612 bits per heavy atom. The van der Waals surface area contributed by atoms with Gasteiger partial charge < -0.3 is 70.0 Å². The fourth-order valence-corrected chi connectivity index (χ4v) is 11.4. The summed E-state index contributed by atoms with van der Waals surface area (Å²) >= 11 is 22.4. The molecule has 0 aliphatic heterocycles. The van der Waals surface area contributed by atoms with Gasteiger partial charge in [0.15, 0.2) is 11.4 Å². The van der Waals surface area contributed by atoms with Crippen LogP contribution in [0.5, 0.6) is 0 Å². The van der Waals surface area contributed by atoms with E-state index in [1.54, 1.807) is 78.9 Å². The molecular weight excluding hydrogens is 1480 g/mol. The van der Waals surface area contributed by atoms with Crippen LogP contribution < -0.4 is 141 Å². The number of hydrogen-bond donors (Lipinski definition) is 10. The summed E-state index contributed by atoms with van der Waals surface area (Å²) in [6.07, 6.45) is 9.09. The molecule has 3 fully saturated rings. The number of aliphatic carboxylic acids is 1. The number of benzene rings is 5. The molecule has 5 aromatic carbocycles. The number of halogens is 7. The number of nitrogens with two attached hydrogens (primary N) is 3. The molecule has 10 rings (SSSR count). The first-order valence-corrected chi connectivity index (χ1v) is 33.1. The van der Waals surface area contributed by atoms with E-state index in [-0.39, 0.29) is 251 Å². The largest absolute Gasteiger partial charge is 1.00 e. The van der Waals surface area contributed by atoms with Crippen molar-refractivity contribution < 1.29 is 186 Å². The first kappa shape index (κ1) is 96.0. The Morgan fingerprint density at radius 3 is 1.43 bits per heavy atom. The van der Waals surface area contributed by atoms with Crippen molar-refractivity contribution in [1.29, 1.82) is 0 Å². The number of aromatic nitrogens is 4. The maximum atomic E-state index is 14.2. The van der Waals surface area contributed by atoms with Gasteiger partial charge in [0, 0.05) is 59.5 Å². The fraction of sp³-hybridized carbons (Fsp3) is 0.420. The number of primary amides is 2. The number of aliphatic hydroxyl groups excluding tert-OH is 3. The number of carboxylic acids is 1. The number of hydrogen-bond acceptors (Lipinski definition) is 17. The van der Waals surface area contributed by atoms with Gasteiger partial charge in [-0.2, -0.15) is 10.2 Å². The van der Waals surface area contributed by atoms with Crippen LogP contribution in [0.15, 0.2) is 103 Å². The first-order chi connectivity index (χ1) is 47.2. The molecule has 0 bridgehead atoms. The minimum Gasteiger partial charge on any atom is -1.00 e. The second-order valence-corrected chi connectivity index (χ2v) is 24.7. The quantitative estimate of drug-likeness (QED) is 0.0161. The monoisotopic (exact) mass is 1570 g/mol. The zero-order valence-corrected chi connectivity index (χ0v) is 65.0. The van der Waals surface area contributed by atoms with E-state index >= 15 is 0 Å². The maximum Gasteiger partial charge on any atom is 1.00 e. The molecule has 7 aromatic rings. The number of alkyl halides is 1. The second-order valence-electron chi connectivity index (χ2n) is 23.2. The molecule has 25 nitrogen and oxygen atoms in total. The van der Waals surface area contributed by atoms with Crippen LogP contribution in [-0.2, 0) is 66.3 Å². The Morgan fingerprint density at radius 2 is 1.01 bits per heavy atom. The second kappa shape index (κ2) is 50.5. The number of nitrogens with zero attached hydrogens (tertiary/aromatic N) is 5. The summed E-state index contributed by atoms with van der Waals surface area (Å²) < 4.78 is 43.8. The number of aliphatic hydroxyl groups is 3. The van der Waals surface area contributed by atoms with Crippen LogP contribution in [0.3, 0.4) is 0 Å². The van der Waals surface area contributed by atoms with Crippen molar-refractivity contribution in [2.45, 2.75) is 167 Å². The summed E-state index contributed by atoms with van der Waals surface area (Å²) in [5, 5.41) is 63.2. The molecule has 3 aliphatic rings. The molecule has 0 atom stereocenters. The van der Waals surface area contributed by atoms with Crippen LogP contribution in [0, 0.1) is 17.5 Å². The summed E-state index contributed by atoms with van der Waals surface area (Å²) in [6, 6.07) is 28.2. The van der Waals surface area contributed by atoms with Gasteiger partial charge in [-0.1, -0.05) is 122 Å². The number of carboxylic acid groups (broad SMARTS) is 1. The van der Waals surface area contributed by atoms with Crippen LogP contribution >= 0.6 is 46.4 Å². The molecule has 0 spiro atoms. The van der Waals surface area contributed by atoms with Crippen LogP contribution in [0.4, 0.5) is 13.2 Å². The van der Waals surface area contributed by atoms with E-state index in [4.69, 9.17) is 83.9 Å². The minimum absolute atomic E-state index is 0. The zero-order valence-electron chi connectivity index (χ0n) is 56.7. The number of carbonyl (C=O) groups is 8. The summed E-state index contributed by atoms with van der Waals surface area (Å²) in [6.45, 7) is -0.692. The van der Waals surface area contributed by atoms with Crippen molar-refractivity contribution in [3.63, 3.8) is 0 Å². The van der Waals surface area contributed by atoms with Crippen LogP contribution in [0.25, 0.3) is 21.8 Å².